The summed E-state index contributed by atoms with van der Waals surface area (Å²) in [5.41, 5.74) is 2.35. The number of rotatable bonds is 5. The van der Waals surface area contributed by atoms with Gasteiger partial charge in [-0.2, -0.15) is 0 Å². The molecule has 0 aliphatic carbocycles. The first-order valence-electron chi connectivity index (χ1n) is 8.66. The summed E-state index contributed by atoms with van der Waals surface area (Å²) in [6, 6.07) is 12.0. The van der Waals surface area contributed by atoms with Crippen LogP contribution in [0.15, 0.2) is 61.1 Å². The Morgan fingerprint density at radius 1 is 1.07 bits per heavy atom. The van der Waals surface area contributed by atoms with E-state index in [4.69, 9.17) is 11.6 Å². The number of sulfonamides is 1. The highest BCUT2D eigenvalue weighted by Gasteiger charge is 2.13. The Morgan fingerprint density at radius 2 is 1.90 bits per heavy atom. The number of amides is 1. The van der Waals surface area contributed by atoms with Gasteiger partial charge in [0.15, 0.2) is 0 Å². The summed E-state index contributed by atoms with van der Waals surface area (Å²) in [6.07, 6.45) is 5.86. The molecular formula is C20H15ClN4O3S2. The number of nitrogens with one attached hydrogen (secondary N) is 2. The second-order valence-electron chi connectivity index (χ2n) is 6.51. The van der Waals surface area contributed by atoms with E-state index < -0.39 is 10.0 Å². The highest BCUT2D eigenvalue weighted by atomic mass is 35.5. The van der Waals surface area contributed by atoms with Gasteiger partial charge in [-0.3, -0.25) is 19.5 Å². The van der Waals surface area contributed by atoms with Crippen LogP contribution in [-0.2, 0) is 10.0 Å². The number of benzene rings is 2. The van der Waals surface area contributed by atoms with E-state index in [1.165, 1.54) is 11.3 Å². The number of anilines is 2. The molecule has 0 aliphatic heterocycles. The molecule has 0 radical (unpaired) electrons. The number of hydrogen-bond donors (Lipinski definition) is 2. The molecule has 30 heavy (non-hydrogen) atoms. The topological polar surface area (TPSA) is 101 Å². The summed E-state index contributed by atoms with van der Waals surface area (Å²) in [6.45, 7) is 0. The second kappa shape index (κ2) is 8.02. The van der Waals surface area contributed by atoms with E-state index in [0.29, 0.717) is 27.0 Å². The van der Waals surface area contributed by atoms with Crippen molar-refractivity contribution in [3.05, 3.63) is 71.0 Å². The van der Waals surface area contributed by atoms with Crippen molar-refractivity contribution in [1.29, 1.82) is 0 Å². The van der Waals surface area contributed by atoms with Crippen molar-refractivity contribution in [3.63, 3.8) is 0 Å². The van der Waals surface area contributed by atoms with Crippen LogP contribution in [0.5, 0.6) is 0 Å². The molecule has 7 nitrogen and oxygen atoms in total. The van der Waals surface area contributed by atoms with Gasteiger partial charge in [-0.15, -0.1) is 11.3 Å². The minimum Gasteiger partial charge on any atom is -0.321 e. The largest absolute Gasteiger partial charge is 0.321 e. The van der Waals surface area contributed by atoms with Gasteiger partial charge in [0.25, 0.3) is 5.91 Å². The SMILES string of the molecule is CS(=O)(=O)Nc1ccc2sc(C(=O)Nc3cc(Cl)cc(-c4cnccn4)c3)cc2c1. The summed E-state index contributed by atoms with van der Waals surface area (Å²) < 4.78 is 26.1. The lowest BCUT2D eigenvalue weighted by molar-refractivity contribution is 0.103. The summed E-state index contributed by atoms with van der Waals surface area (Å²) in [4.78, 5) is 21.6. The zero-order chi connectivity index (χ0) is 21.3. The summed E-state index contributed by atoms with van der Waals surface area (Å²) in [7, 11) is -3.38. The van der Waals surface area contributed by atoms with Gasteiger partial charge >= 0.3 is 0 Å². The fraction of sp³-hybridized carbons (Fsp3) is 0.0500. The quantitative estimate of drug-likeness (QED) is 0.453. The molecule has 1 amide bonds. The first kappa shape index (κ1) is 20.3. The lowest BCUT2D eigenvalue weighted by Gasteiger charge is -2.07. The Bertz CT molecular complexity index is 1360. The second-order valence-corrected chi connectivity index (χ2v) is 9.78. The summed E-state index contributed by atoms with van der Waals surface area (Å²) in [5.74, 6) is -0.291. The maximum absolute atomic E-state index is 12.8. The van der Waals surface area contributed by atoms with Crippen molar-refractivity contribution in [2.75, 3.05) is 16.3 Å². The van der Waals surface area contributed by atoms with Crippen LogP contribution in [0.1, 0.15) is 9.67 Å². The highest BCUT2D eigenvalue weighted by molar-refractivity contribution is 7.92. The number of thiophene rings is 1. The Balaban J connectivity index is 1.59. The van der Waals surface area contributed by atoms with E-state index in [9.17, 15) is 13.2 Å². The number of halogens is 1. The first-order valence-corrected chi connectivity index (χ1v) is 11.8. The van der Waals surface area contributed by atoms with Gasteiger partial charge in [0, 0.05) is 39.1 Å². The monoisotopic (exact) mass is 458 g/mol. The Kier molecular flexibility index (Phi) is 5.42. The van der Waals surface area contributed by atoms with Gasteiger partial charge in [0.2, 0.25) is 10.0 Å². The molecule has 0 spiro atoms. The molecule has 0 atom stereocenters. The normalized spacial score (nSPS) is 11.4. The van der Waals surface area contributed by atoms with Gasteiger partial charge in [-0.1, -0.05) is 11.6 Å². The van der Waals surface area contributed by atoms with Gasteiger partial charge in [-0.05, 0) is 47.9 Å². The number of carbonyl (C=O) groups excluding carboxylic acids is 1. The molecule has 0 saturated carbocycles. The predicted molar refractivity (Wildman–Crippen MR) is 121 cm³/mol. The summed E-state index contributed by atoms with van der Waals surface area (Å²) >= 11 is 7.52. The van der Waals surface area contributed by atoms with Crippen molar-refractivity contribution in [2.45, 2.75) is 0 Å². The molecule has 0 aliphatic rings. The average molecular weight is 459 g/mol. The highest BCUT2D eigenvalue weighted by Crippen LogP contribution is 2.30. The third kappa shape index (κ3) is 4.76. The van der Waals surface area contributed by atoms with Crippen LogP contribution in [0.3, 0.4) is 0 Å². The van der Waals surface area contributed by atoms with Crippen molar-refractivity contribution in [1.82, 2.24) is 9.97 Å². The van der Waals surface area contributed by atoms with Crippen LogP contribution >= 0.6 is 22.9 Å². The van der Waals surface area contributed by atoms with E-state index in [1.54, 1.807) is 61.1 Å². The van der Waals surface area contributed by atoms with Crippen LogP contribution in [0.2, 0.25) is 5.02 Å². The first-order chi connectivity index (χ1) is 14.3. The fourth-order valence-corrected chi connectivity index (χ4v) is 4.61. The molecule has 0 saturated heterocycles. The molecule has 2 N–H and O–H groups in total. The number of carbonyl (C=O) groups is 1. The van der Waals surface area contributed by atoms with Crippen LogP contribution < -0.4 is 10.0 Å². The van der Waals surface area contributed by atoms with Gasteiger partial charge in [0.1, 0.15) is 0 Å². The number of hydrogen-bond acceptors (Lipinski definition) is 6. The van der Waals surface area contributed by atoms with E-state index in [-0.39, 0.29) is 5.91 Å². The van der Waals surface area contributed by atoms with Crippen LogP contribution in [0.25, 0.3) is 21.3 Å². The lowest BCUT2D eigenvalue weighted by atomic mass is 10.1. The smallest absolute Gasteiger partial charge is 0.265 e. The number of nitrogens with zero attached hydrogens (tertiary/aromatic N) is 2. The van der Waals surface area contributed by atoms with Crippen molar-refractivity contribution in [3.8, 4) is 11.3 Å². The fourth-order valence-electron chi connectivity index (χ4n) is 2.88. The van der Waals surface area contributed by atoms with Crippen LogP contribution in [-0.4, -0.2) is 30.5 Å². The van der Waals surface area contributed by atoms with E-state index in [2.05, 4.69) is 20.0 Å². The van der Waals surface area contributed by atoms with Crippen LogP contribution in [0, 0.1) is 0 Å². The van der Waals surface area contributed by atoms with Crippen molar-refractivity contribution >= 4 is 60.3 Å². The molecule has 152 valence electrons. The number of fused-ring (bicyclic) bond motifs is 1. The van der Waals surface area contributed by atoms with Gasteiger partial charge in [-0.25, -0.2) is 8.42 Å². The summed E-state index contributed by atoms with van der Waals surface area (Å²) in [5, 5.41) is 4.08. The molecule has 2 aromatic heterocycles. The zero-order valence-electron chi connectivity index (χ0n) is 15.6. The lowest BCUT2D eigenvalue weighted by Crippen LogP contribution is -2.10. The van der Waals surface area contributed by atoms with Gasteiger partial charge < -0.3 is 5.32 Å². The molecule has 0 fully saturated rings. The average Bonchev–Trinajstić information content (AvgIpc) is 3.10. The van der Waals surface area contributed by atoms with Crippen molar-refractivity contribution in [2.24, 2.45) is 0 Å². The van der Waals surface area contributed by atoms with E-state index in [0.717, 1.165) is 21.9 Å². The molecule has 2 aromatic carbocycles. The molecule has 4 rings (SSSR count). The van der Waals surface area contributed by atoms with Crippen LogP contribution in [0.4, 0.5) is 11.4 Å². The Hall–Kier alpha value is -3.01. The molecule has 2 heterocycles. The van der Waals surface area contributed by atoms with E-state index >= 15 is 0 Å². The Morgan fingerprint density at radius 3 is 2.63 bits per heavy atom. The Labute approximate surface area is 181 Å². The molecular weight excluding hydrogens is 444 g/mol. The standard InChI is InChI=1S/C20H15ClN4O3S2/c1-30(27,28)25-15-2-3-18-13(8-15)9-19(29-18)20(26)24-16-7-12(6-14(21)10-16)17-11-22-4-5-23-17/h2-11,25H,1H3,(H,24,26). The third-order valence-electron chi connectivity index (χ3n) is 4.06. The zero-order valence-corrected chi connectivity index (χ0v) is 18.0. The minimum absolute atomic E-state index is 0.291. The molecule has 0 bridgehead atoms. The molecule has 10 heteroatoms. The molecule has 0 unspecified atom stereocenters. The number of aromatic nitrogens is 2. The maximum Gasteiger partial charge on any atom is 0.265 e. The third-order valence-corrected chi connectivity index (χ3v) is 6.00. The van der Waals surface area contributed by atoms with Gasteiger partial charge in [0.05, 0.1) is 23.0 Å². The predicted octanol–water partition coefficient (Wildman–Crippen LogP) is 4.64. The minimum atomic E-state index is -3.38. The van der Waals surface area contributed by atoms with E-state index in [1.807, 2.05) is 0 Å². The van der Waals surface area contributed by atoms with Crippen molar-refractivity contribution < 1.29 is 13.2 Å². The maximum atomic E-state index is 12.8. The molecule has 4 aromatic rings.